The number of aromatic nitrogens is 3. The quantitative estimate of drug-likeness (QED) is 0.245. The van der Waals surface area contributed by atoms with Gasteiger partial charge in [-0.3, -0.25) is 0 Å². The van der Waals surface area contributed by atoms with E-state index in [4.69, 9.17) is 10.7 Å². The van der Waals surface area contributed by atoms with Crippen LogP contribution in [0.25, 0.3) is 21.8 Å². The largest absolute Gasteiger partial charge is 0.368 e. The first-order chi connectivity index (χ1) is 18.5. The molecule has 6 rings (SSSR count). The number of piperidine rings is 1. The SMILES string of the molecule is Nc1nccc(-c2sc(C3CCN(C4CC4)CC3)nc2-c2cccc(NSc3cc(F)ccc3F)c2F)n1. The second-order valence-electron chi connectivity index (χ2n) is 9.52. The number of anilines is 2. The van der Waals surface area contributed by atoms with Crippen molar-refractivity contribution in [3.05, 3.63) is 71.1 Å². The van der Waals surface area contributed by atoms with Crippen LogP contribution in [0.15, 0.2) is 53.6 Å². The van der Waals surface area contributed by atoms with E-state index in [1.165, 1.54) is 24.2 Å². The zero-order chi connectivity index (χ0) is 26.2. The van der Waals surface area contributed by atoms with Gasteiger partial charge in [0.15, 0.2) is 5.82 Å². The molecule has 0 bridgehead atoms. The number of nitrogen functional groups attached to an aromatic ring is 1. The fourth-order valence-electron chi connectivity index (χ4n) is 4.78. The van der Waals surface area contributed by atoms with Gasteiger partial charge in [-0.25, -0.2) is 28.1 Å². The molecule has 3 N–H and O–H groups in total. The Labute approximate surface area is 226 Å². The average molecular weight is 555 g/mol. The first kappa shape index (κ1) is 25.1. The van der Waals surface area contributed by atoms with E-state index >= 15 is 4.39 Å². The van der Waals surface area contributed by atoms with Gasteiger partial charge in [0.25, 0.3) is 0 Å². The van der Waals surface area contributed by atoms with Gasteiger partial charge in [0.2, 0.25) is 5.95 Å². The smallest absolute Gasteiger partial charge is 0.220 e. The minimum absolute atomic E-state index is 0.0282. The van der Waals surface area contributed by atoms with E-state index in [1.54, 1.807) is 30.5 Å². The van der Waals surface area contributed by atoms with E-state index in [-0.39, 0.29) is 22.4 Å². The number of nitrogens with one attached hydrogen (secondary N) is 1. The summed E-state index contributed by atoms with van der Waals surface area (Å²) in [7, 11) is 0. The molecule has 3 heterocycles. The Balaban J connectivity index is 1.33. The first-order valence-electron chi connectivity index (χ1n) is 12.5. The van der Waals surface area contributed by atoms with E-state index in [1.807, 2.05) is 0 Å². The van der Waals surface area contributed by atoms with Gasteiger partial charge >= 0.3 is 0 Å². The van der Waals surface area contributed by atoms with Crippen molar-refractivity contribution in [3.8, 4) is 21.8 Å². The Morgan fingerprint density at radius 2 is 1.82 bits per heavy atom. The van der Waals surface area contributed by atoms with Gasteiger partial charge in [-0.2, -0.15) is 0 Å². The number of hydrogen-bond acceptors (Lipinski definition) is 8. The van der Waals surface area contributed by atoms with Crippen LogP contribution >= 0.6 is 23.3 Å². The zero-order valence-electron chi connectivity index (χ0n) is 20.3. The molecule has 1 saturated carbocycles. The summed E-state index contributed by atoms with van der Waals surface area (Å²) >= 11 is 2.32. The lowest BCUT2D eigenvalue weighted by Crippen LogP contribution is -2.34. The van der Waals surface area contributed by atoms with Gasteiger partial charge in [-0.1, -0.05) is 6.07 Å². The third kappa shape index (κ3) is 5.23. The summed E-state index contributed by atoms with van der Waals surface area (Å²) in [6, 6.07) is 10.5. The predicted molar refractivity (Wildman–Crippen MR) is 145 cm³/mol. The topological polar surface area (TPSA) is 80.0 Å². The molecule has 0 unspecified atom stereocenters. The number of benzene rings is 2. The molecule has 196 valence electrons. The minimum atomic E-state index is -0.596. The maximum absolute atomic E-state index is 15.9. The third-order valence-corrected chi connectivity index (χ3v) is 9.01. The van der Waals surface area contributed by atoms with Crippen molar-refractivity contribution in [2.24, 2.45) is 0 Å². The molecule has 0 spiro atoms. The van der Waals surface area contributed by atoms with Crippen LogP contribution < -0.4 is 10.5 Å². The summed E-state index contributed by atoms with van der Waals surface area (Å²) < 4.78 is 46.4. The first-order valence-corrected chi connectivity index (χ1v) is 14.1. The maximum atomic E-state index is 15.9. The molecule has 38 heavy (non-hydrogen) atoms. The molecule has 11 heteroatoms. The molecule has 6 nitrogen and oxygen atoms in total. The lowest BCUT2D eigenvalue weighted by Gasteiger charge is -2.30. The normalized spacial score (nSPS) is 16.6. The number of thiazole rings is 1. The minimum Gasteiger partial charge on any atom is -0.368 e. The molecular formula is C27H25F3N6S2. The molecule has 4 aromatic rings. The molecule has 2 aromatic carbocycles. The van der Waals surface area contributed by atoms with Crippen molar-refractivity contribution in [2.45, 2.75) is 42.5 Å². The standard InChI is InChI=1S/C27H25F3N6S2/c28-16-4-7-19(29)22(14-16)38-35-20-3-1-2-18(23(20)30)24-25(21-8-11-32-27(31)33-21)37-26(34-24)15-9-12-36(13-10-15)17-5-6-17/h1-4,7-8,11,14-15,17,35H,5-6,9-10,12-13H2,(H2,31,32,33). The van der Waals surface area contributed by atoms with Crippen LogP contribution in [0.4, 0.5) is 24.8 Å². The van der Waals surface area contributed by atoms with Gasteiger partial charge in [-0.05, 0) is 87.1 Å². The number of rotatable bonds is 7. The number of likely N-dealkylation sites (tertiary alicyclic amines) is 1. The van der Waals surface area contributed by atoms with Gasteiger partial charge in [0.1, 0.15) is 11.6 Å². The molecular weight excluding hydrogens is 529 g/mol. The van der Waals surface area contributed by atoms with Crippen LogP contribution in [0.2, 0.25) is 0 Å². The predicted octanol–water partition coefficient (Wildman–Crippen LogP) is 6.73. The number of halogens is 3. The number of hydrogen-bond donors (Lipinski definition) is 2. The van der Waals surface area contributed by atoms with Crippen LogP contribution in [0.3, 0.4) is 0 Å². The Bertz CT molecular complexity index is 1470. The van der Waals surface area contributed by atoms with Crippen molar-refractivity contribution in [2.75, 3.05) is 23.5 Å². The monoisotopic (exact) mass is 554 g/mol. The summed E-state index contributed by atoms with van der Waals surface area (Å²) in [6.45, 7) is 2.09. The van der Waals surface area contributed by atoms with E-state index in [2.05, 4.69) is 19.6 Å². The van der Waals surface area contributed by atoms with E-state index in [0.717, 1.165) is 72.0 Å². The lowest BCUT2D eigenvalue weighted by atomic mass is 9.97. The average Bonchev–Trinajstić information content (AvgIpc) is 3.68. The molecule has 0 amide bonds. The van der Waals surface area contributed by atoms with Crippen molar-refractivity contribution in [1.82, 2.24) is 19.9 Å². The highest BCUT2D eigenvalue weighted by molar-refractivity contribution is 8.00. The molecule has 1 aliphatic carbocycles. The second-order valence-corrected chi connectivity index (χ2v) is 11.4. The molecule has 2 aromatic heterocycles. The highest BCUT2D eigenvalue weighted by Crippen LogP contribution is 2.43. The summed E-state index contributed by atoms with van der Waals surface area (Å²) in [5, 5.41) is 0.955. The fourth-order valence-corrected chi connectivity index (χ4v) is 6.71. The van der Waals surface area contributed by atoms with E-state index < -0.39 is 17.5 Å². The van der Waals surface area contributed by atoms with Crippen molar-refractivity contribution in [1.29, 1.82) is 0 Å². The summed E-state index contributed by atoms with van der Waals surface area (Å²) in [5.41, 5.74) is 7.36. The van der Waals surface area contributed by atoms with Gasteiger partial charge < -0.3 is 15.4 Å². The lowest BCUT2D eigenvalue weighted by molar-refractivity contribution is 0.203. The van der Waals surface area contributed by atoms with Gasteiger partial charge in [0.05, 0.1) is 31.9 Å². The van der Waals surface area contributed by atoms with Gasteiger partial charge in [-0.15, -0.1) is 11.3 Å². The Hall–Kier alpha value is -3.15. The molecule has 2 aliphatic rings. The Kier molecular flexibility index (Phi) is 6.98. The maximum Gasteiger partial charge on any atom is 0.220 e. The van der Waals surface area contributed by atoms with Crippen LogP contribution in [0.5, 0.6) is 0 Å². The summed E-state index contributed by atoms with van der Waals surface area (Å²) in [6.07, 6.45) is 6.18. The molecule has 1 saturated heterocycles. The van der Waals surface area contributed by atoms with Gasteiger partial charge in [0, 0.05) is 23.7 Å². The Morgan fingerprint density at radius 1 is 1.00 bits per heavy atom. The highest BCUT2D eigenvalue weighted by atomic mass is 32.2. The molecule has 0 atom stereocenters. The third-order valence-electron chi connectivity index (χ3n) is 6.91. The van der Waals surface area contributed by atoms with Crippen molar-refractivity contribution < 1.29 is 13.2 Å². The second kappa shape index (κ2) is 10.5. The van der Waals surface area contributed by atoms with Crippen LogP contribution in [0.1, 0.15) is 36.6 Å². The van der Waals surface area contributed by atoms with Crippen LogP contribution in [-0.2, 0) is 0 Å². The van der Waals surface area contributed by atoms with E-state index in [0.29, 0.717) is 17.0 Å². The number of nitrogens with zero attached hydrogens (tertiary/aromatic N) is 4. The molecule has 0 radical (unpaired) electrons. The van der Waals surface area contributed by atoms with Crippen LogP contribution in [0, 0.1) is 17.5 Å². The fraction of sp³-hybridized carbons (Fsp3) is 0.296. The van der Waals surface area contributed by atoms with Crippen molar-refractivity contribution in [3.63, 3.8) is 0 Å². The summed E-state index contributed by atoms with van der Waals surface area (Å²) in [5.74, 6) is -1.29. The molecule has 2 fully saturated rings. The molecule has 1 aliphatic heterocycles. The zero-order valence-corrected chi connectivity index (χ0v) is 22.0. The summed E-state index contributed by atoms with van der Waals surface area (Å²) in [4.78, 5) is 16.6. The van der Waals surface area contributed by atoms with Crippen LogP contribution in [-0.4, -0.2) is 39.0 Å². The van der Waals surface area contributed by atoms with E-state index in [9.17, 15) is 8.78 Å². The number of nitrogens with two attached hydrogens (primary N) is 1. The highest BCUT2D eigenvalue weighted by Gasteiger charge is 2.33. The van der Waals surface area contributed by atoms with Crippen molar-refractivity contribution >= 4 is 34.9 Å². The Morgan fingerprint density at radius 3 is 2.58 bits per heavy atom.